The Kier molecular flexibility index (Phi) is 4.32. The molecule has 1 aliphatic rings. The van der Waals surface area contributed by atoms with Gasteiger partial charge in [0.05, 0.1) is 6.10 Å². The van der Waals surface area contributed by atoms with E-state index in [9.17, 15) is 13.2 Å². The quantitative estimate of drug-likeness (QED) is 0.921. The second kappa shape index (κ2) is 5.82. The first-order valence-electron chi connectivity index (χ1n) is 6.37. The molecule has 1 fully saturated rings. The summed E-state index contributed by atoms with van der Waals surface area (Å²) in [5.74, 6) is -0.771. The van der Waals surface area contributed by atoms with Crippen LogP contribution in [0.15, 0.2) is 6.07 Å². The Hall–Kier alpha value is -1.57. The Bertz CT molecular complexity index is 461. The summed E-state index contributed by atoms with van der Waals surface area (Å²) >= 11 is 0. The number of aromatic nitrogens is 2. The summed E-state index contributed by atoms with van der Waals surface area (Å²) in [5.41, 5.74) is 0. The highest BCUT2D eigenvalue weighted by molar-refractivity contribution is 5.49. The number of hydrogen-bond acceptors (Lipinski definition) is 5. The highest BCUT2D eigenvalue weighted by Crippen LogP contribution is 2.29. The molecule has 5 nitrogen and oxygen atoms in total. The van der Waals surface area contributed by atoms with Crippen molar-refractivity contribution in [3.8, 4) is 0 Å². The van der Waals surface area contributed by atoms with Crippen LogP contribution >= 0.6 is 0 Å². The average molecular weight is 290 g/mol. The topological polar surface area (TPSA) is 50.3 Å². The Morgan fingerprint density at radius 2 is 2.20 bits per heavy atom. The number of likely N-dealkylation sites (N-methyl/N-ethyl adjacent to an activating group) is 1. The molecule has 2 heterocycles. The summed E-state index contributed by atoms with van der Waals surface area (Å²) in [5, 5.41) is 2.62. The molecule has 112 valence electrons. The Morgan fingerprint density at radius 3 is 2.75 bits per heavy atom. The van der Waals surface area contributed by atoms with Crippen LogP contribution in [0.4, 0.5) is 24.8 Å². The lowest BCUT2D eigenvalue weighted by molar-refractivity contribution is -0.144. The van der Waals surface area contributed by atoms with Crippen molar-refractivity contribution in [1.82, 2.24) is 9.97 Å². The third-order valence-corrected chi connectivity index (χ3v) is 3.11. The van der Waals surface area contributed by atoms with Crippen molar-refractivity contribution in [2.45, 2.75) is 25.1 Å². The van der Waals surface area contributed by atoms with Gasteiger partial charge in [0, 0.05) is 33.3 Å². The fourth-order valence-electron chi connectivity index (χ4n) is 2.07. The van der Waals surface area contributed by atoms with E-state index >= 15 is 0 Å². The zero-order valence-electron chi connectivity index (χ0n) is 11.4. The first-order valence-corrected chi connectivity index (χ1v) is 6.37. The molecule has 1 saturated heterocycles. The van der Waals surface area contributed by atoms with Crippen LogP contribution in [0.25, 0.3) is 0 Å². The molecular weight excluding hydrogens is 273 g/mol. The van der Waals surface area contributed by atoms with Crippen molar-refractivity contribution < 1.29 is 17.9 Å². The molecule has 8 heteroatoms. The number of nitrogens with zero attached hydrogens (tertiary/aromatic N) is 3. The number of hydrogen-bond donors (Lipinski definition) is 1. The molecule has 1 aromatic rings. The van der Waals surface area contributed by atoms with Crippen molar-refractivity contribution in [2.24, 2.45) is 0 Å². The van der Waals surface area contributed by atoms with E-state index in [1.807, 2.05) is 0 Å². The number of halogens is 3. The molecule has 20 heavy (non-hydrogen) atoms. The first-order chi connectivity index (χ1) is 9.40. The lowest BCUT2D eigenvalue weighted by Crippen LogP contribution is -2.30. The summed E-state index contributed by atoms with van der Waals surface area (Å²) in [6.45, 7) is 1.22. The van der Waals surface area contributed by atoms with Gasteiger partial charge < -0.3 is 15.0 Å². The van der Waals surface area contributed by atoms with Crippen LogP contribution in [-0.4, -0.2) is 43.3 Å². The summed E-state index contributed by atoms with van der Waals surface area (Å²) < 4.78 is 43.7. The van der Waals surface area contributed by atoms with E-state index in [0.717, 1.165) is 12.8 Å². The van der Waals surface area contributed by atoms with Crippen molar-refractivity contribution in [3.63, 3.8) is 0 Å². The smallest absolute Gasteiger partial charge is 0.376 e. The third kappa shape index (κ3) is 3.50. The van der Waals surface area contributed by atoms with E-state index in [4.69, 9.17) is 4.74 Å². The van der Waals surface area contributed by atoms with Gasteiger partial charge in [0.1, 0.15) is 11.6 Å². The van der Waals surface area contributed by atoms with Gasteiger partial charge in [0.25, 0.3) is 0 Å². The molecule has 0 aromatic carbocycles. The standard InChI is InChI=1S/C12H17F3N4O/c1-16-9-6-10(18-11(17-9)12(13,14)15)19(2)7-8-4-3-5-20-8/h6,8H,3-5,7H2,1-2H3,(H,16,17,18). The van der Waals surface area contributed by atoms with E-state index in [1.54, 1.807) is 11.9 Å². The van der Waals surface area contributed by atoms with E-state index < -0.39 is 12.0 Å². The zero-order chi connectivity index (χ0) is 14.8. The maximum atomic E-state index is 12.8. The summed E-state index contributed by atoms with van der Waals surface area (Å²) in [6, 6.07) is 1.49. The minimum Gasteiger partial charge on any atom is -0.376 e. The fraction of sp³-hybridized carbons (Fsp3) is 0.667. The minimum atomic E-state index is -4.56. The molecule has 1 N–H and O–H groups in total. The highest BCUT2D eigenvalue weighted by atomic mass is 19.4. The molecule has 0 aliphatic carbocycles. The minimum absolute atomic E-state index is 0.0438. The summed E-state index contributed by atoms with van der Waals surface area (Å²) in [6.07, 6.45) is -2.62. The Morgan fingerprint density at radius 1 is 1.45 bits per heavy atom. The Balaban J connectivity index is 2.20. The number of anilines is 2. The van der Waals surface area contributed by atoms with Gasteiger partial charge in [-0.2, -0.15) is 13.2 Å². The number of rotatable bonds is 4. The van der Waals surface area contributed by atoms with Gasteiger partial charge in [-0.3, -0.25) is 0 Å². The van der Waals surface area contributed by atoms with Crippen LogP contribution in [-0.2, 0) is 10.9 Å². The van der Waals surface area contributed by atoms with E-state index in [0.29, 0.717) is 13.2 Å². The predicted octanol–water partition coefficient (Wildman–Crippen LogP) is 2.15. The van der Waals surface area contributed by atoms with Crippen LogP contribution in [0.5, 0.6) is 0 Å². The second-order valence-corrected chi connectivity index (χ2v) is 4.70. The molecule has 0 saturated carbocycles. The van der Waals surface area contributed by atoms with Crippen LogP contribution in [0.2, 0.25) is 0 Å². The summed E-state index contributed by atoms with van der Waals surface area (Å²) in [7, 11) is 3.22. The van der Waals surface area contributed by atoms with Gasteiger partial charge in [-0.1, -0.05) is 0 Å². The number of ether oxygens (including phenoxy) is 1. The monoisotopic (exact) mass is 290 g/mol. The van der Waals surface area contributed by atoms with Crippen molar-refractivity contribution >= 4 is 11.6 Å². The molecular formula is C12H17F3N4O. The van der Waals surface area contributed by atoms with Gasteiger partial charge in [-0.25, -0.2) is 9.97 Å². The van der Waals surface area contributed by atoms with Crippen molar-refractivity contribution in [3.05, 3.63) is 11.9 Å². The molecule has 0 amide bonds. The number of nitrogens with one attached hydrogen (secondary N) is 1. The third-order valence-electron chi connectivity index (χ3n) is 3.11. The lowest BCUT2D eigenvalue weighted by atomic mass is 10.2. The second-order valence-electron chi connectivity index (χ2n) is 4.70. The molecule has 1 unspecified atom stereocenters. The molecule has 0 spiro atoms. The average Bonchev–Trinajstić information content (AvgIpc) is 2.90. The normalized spacial score (nSPS) is 19.1. The van der Waals surface area contributed by atoms with Gasteiger partial charge in [-0.15, -0.1) is 0 Å². The van der Waals surface area contributed by atoms with Gasteiger partial charge >= 0.3 is 6.18 Å². The fourth-order valence-corrected chi connectivity index (χ4v) is 2.07. The lowest BCUT2D eigenvalue weighted by Gasteiger charge is -2.22. The molecule has 0 bridgehead atoms. The maximum absolute atomic E-state index is 12.8. The predicted molar refractivity (Wildman–Crippen MR) is 68.8 cm³/mol. The van der Waals surface area contributed by atoms with Gasteiger partial charge in [0.15, 0.2) is 0 Å². The van der Waals surface area contributed by atoms with Crippen molar-refractivity contribution in [2.75, 3.05) is 37.5 Å². The zero-order valence-corrected chi connectivity index (χ0v) is 11.4. The van der Waals surface area contributed by atoms with E-state index in [2.05, 4.69) is 15.3 Å². The highest BCUT2D eigenvalue weighted by Gasteiger charge is 2.35. The Labute approximate surface area is 115 Å². The van der Waals surface area contributed by atoms with Gasteiger partial charge in [0.2, 0.25) is 5.82 Å². The summed E-state index contributed by atoms with van der Waals surface area (Å²) in [4.78, 5) is 8.68. The molecule has 0 radical (unpaired) electrons. The molecule has 1 aliphatic heterocycles. The van der Waals surface area contributed by atoms with Crippen molar-refractivity contribution in [1.29, 1.82) is 0 Å². The maximum Gasteiger partial charge on any atom is 0.451 e. The SMILES string of the molecule is CNc1cc(N(C)CC2CCCO2)nc(C(F)(F)F)n1. The molecule has 1 atom stereocenters. The molecule has 2 rings (SSSR count). The number of alkyl halides is 3. The largest absolute Gasteiger partial charge is 0.451 e. The van der Waals surface area contributed by atoms with Crippen LogP contribution < -0.4 is 10.2 Å². The van der Waals surface area contributed by atoms with Crippen LogP contribution in [0.1, 0.15) is 18.7 Å². The van der Waals surface area contributed by atoms with E-state index in [1.165, 1.54) is 13.1 Å². The van der Waals surface area contributed by atoms with Crippen LogP contribution in [0.3, 0.4) is 0 Å². The first kappa shape index (κ1) is 14.8. The van der Waals surface area contributed by atoms with Crippen LogP contribution in [0, 0.1) is 0 Å². The van der Waals surface area contributed by atoms with Gasteiger partial charge in [-0.05, 0) is 12.8 Å². The van der Waals surface area contributed by atoms with E-state index in [-0.39, 0.29) is 17.7 Å². The molecule has 1 aromatic heterocycles.